The maximum absolute atomic E-state index is 13.3. The topological polar surface area (TPSA) is 79.9 Å². The molecule has 7 nitrogen and oxygen atoms in total. The number of hydrogen-bond donors (Lipinski definition) is 2. The first-order valence-electron chi connectivity index (χ1n) is 11.6. The van der Waals surface area contributed by atoms with Crippen LogP contribution in [0.1, 0.15) is 51.5 Å². The number of carbonyl (C=O) groups excluding carboxylic acids is 2. The third kappa shape index (κ3) is 6.68. The van der Waals surface area contributed by atoms with Crippen molar-refractivity contribution in [2.45, 2.75) is 58.5 Å². The quantitative estimate of drug-likeness (QED) is 0.766. The molecule has 1 spiro atoms. The molecule has 0 unspecified atom stereocenters. The predicted molar refractivity (Wildman–Crippen MR) is 120 cm³/mol. The van der Waals surface area contributed by atoms with E-state index >= 15 is 0 Å². The van der Waals surface area contributed by atoms with Gasteiger partial charge in [0.25, 0.3) is 0 Å². The Kier molecular flexibility index (Phi) is 8.72. The van der Waals surface area contributed by atoms with E-state index < -0.39 is 11.5 Å². The molecular weight excluding hydrogens is 394 g/mol. The Morgan fingerprint density at radius 3 is 2.55 bits per heavy atom. The lowest BCUT2D eigenvalue weighted by Gasteiger charge is -2.41. The summed E-state index contributed by atoms with van der Waals surface area (Å²) < 4.78 is 11.1. The molecule has 2 amide bonds. The fraction of sp³-hybridized carbons (Fsp3) is 0.667. The molecule has 0 radical (unpaired) electrons. The smallest absolute Gasteiger partial charge is 0.242 e. The van der Waals surface area contributed by atoms with E-state index in [-0.39, 0.29) is 11.8 Å². The summed E-state index contributed by atoms with van der Waals surface area (Å²) in [5.41, 5.74) is 0.846. The van der Waals surface area contributed by atoms with E-state index in [1.807, 2.05) is 19.1 Å². The minimum atomic E-state index is -0.535. The number of hydrogen-bond acceptors (Lipinski definition) is 5. The van der Waals surface area contributed by atoms with Crippen molar-refractivity contribution < 1.29 is 19.1 Å². The van der Waals surface area contributed by atoms with Crippen LogP contribution in [-0.4, -0.2) is 62.2 Å². The van der Waals surface area contributed by atoms with Gasteiger partial charge in [0.05, 0.1) is 18.6 Å². The van der Waals surface area contributed by atoms with Crippen LogP contribution in [0.3, 0.4) is 0 Å². The number of piperidine rings is 1. The normalized spacial score (nSPS) is 23.7. The van der Waals surface area contributed by atoms with Crippen LogP contribution in [0.4, 0.5) is 0 Å². The van der Waals surface area contributed by atoms with Crippen LogP contribution < -0.4 is 15.4 Å². The summed E-state index contributed by atoms with van der Waals surface area (Å²) in [4.78, 5) is 27.9. The average molecular weight is 432 g/mol. The van der Waals surface area contributed by atoms with Gasteiger partial charge in [-0.1, -0.05) is 18.6 Å². The van der Waals surface area contributed by atoms with Gasteiger partial charge in [-0.05, 0) is 70.3 Å². The first-order chi connectivity index (χ1) is 15.0. The number of ether oxygens (including phenoxy) is 2. The van der Waals surface area contributed by atoms with Crippen molar-refractivity contribution >= 4 is 11.8 Å². The molecule has 7 heteroatoms. The number of nitrogens with zero attached hydrogens (tertiary/aromatic N) is 1. The lowest BCUT2D eigenvalue weighted by molar-refractivity contribution is -0.138. The molecule has 0 aromatic heterocycles. The highest BCUT2D eigenvalue weighted by atomic mass is 16.5. The zero-order valence-corrected chi connectivity index (χ0v) is 19.0. The third-order valence-electron chi connectivity index (χ3n) is 6.42. The minimum Gasteiger partial charge on any atom is -0.494 e. The van der Waals surface area contributed by atoms with Gasteiger partial charge in [-0.25, -0.2) is 0 Å². The maximum atomic E-state index is 13.3. The molecule has 2 aliphatic heterocycles. The number of benzene rings is 1. The summed E-state index contributed by atoms with van der Waals surface area (Å²) in [6.07, 6.45) is 4.36. The Morgan fingerprint density at radius 2 is 1.84 bits per heavy atom. The highest BCUT2D eigenvalue weighted by molar-refractivity contribution is 5.89. The van der Waals surface area contributed by atoms with Crippen molar-refractivity contribution in [2.24, 2.45) is 5.41 Å². The van der Waals surface area contributed by atoms with E-state index in [0.29, 0.717) is 26.4 Å². The largest absolute Gasteiger partial charge is 0.494 e. The van der Waals surface area contributed by atoms with Gasteiger partial charge in [0.2, 0.25) is 11.8 Å². The molecule has 172 valence electrons. The van der Waals surface area contributed by atoms with E-state index in [2.05, 4.69) is 27.7 Å². The highest BCUT2D eigenvalue weighted by Gasteiger charge is 2.41. The van der Waals surface area contributed by atoms with E-state index in [1.54, 1.807) is 6.92 Å². The summed E-state index contributed by atoms with van der Waals surface area (Å²) >= 11 is 0. The first-order valence-corrected chi connectivity index (χ1v) is 11.6. The average Bonchev–Trinajstić information content (AvgIpc) is 2.78. The predicted octanol–water partition coefficient (Wildman–Crippen LogP) is 2.49. The second-order valence-electron chi connectivity index (χ2n) is 8.69. The number of rotatable bonds is 4. The molecule has 0 aliphatic carbocycles. The van der Waals surface area contributed by atoms with Crippen molar-refractivity contribution in [1.29, 1.82) is 0 Å². The van der Waals surface area contributed by atoms with Crippen molar-refractivity contribution in [2.75, 3.05) is 39.5 Å². The van der Waals surface area contributed by atoms with Crippen molar-refractivity contribution in [1.82, 2.24) is 15.5 Å². The summed E-state index contributed by atoms with van der Waals surface area (Å²) in [6, 6.07) is 7.72. The maximum Gasteiger partial charge on any atom is 0.242 e. The Bertz CT molecular complexity index is 714. The second-order valence-corrected chi connectivity index (χ2v) is 8.69. The van der Waals surface area contributed by atoms with Crippen LogP contribution in [0.2, 0.25) is 0 Å². The summed E-state index contributed by atoms with van der Waals surface area (Å²) in [5, 5.41) is 5.82. The summed E-state index contributed by atoms with van der Waals surface area (Å²) in [7, 11) is 0. The Balaban J connectivity index is 1.61. The molecular formula is C24H37N3O4. The third-order valence-corrected chi connectivity index (χ3v) is 6.42. The summed E-state index contributed by atoms with van der Waals surface area (Å²) in [6.45, 7) is 8.68. The number of likely N-dealkylation sites (tertiary alicyclic amines) is 1. The van der Waals surface area contributed by atoms with E-state index in [1.165, 1.54) is 5.56 Å². The molecule has 2 aliphatic rings. The molecule has 2 saturated heterocycles. The second kappa shape index (κ2) is 11.5. The van der Waals surface area contributed by atoms with Gasteiger partial charge in [0.15, 0.2) is 0 Å². The monoisotopic (exact) mass is 431 g/mol. The van der Waals surface area contributed by atoms with Crippen LogP contribution in [0.5, 0.6) is 5.75 Å². The van der Waals surface area contributed by atoms with Gasteiger partial charge in [-0.2, -0.15) is 0 Å². The number of nitrogens with one attached hydrogen (secondary N) is 2. The lowest BCUT2D eigenvalue weighted by atomic mass is 9.73. The van der Waals surface area contributed by atoms with Gasteiger partial charge in [-0.3, -0.25) is 14.5 Å². The highest BCUT2D eigenvalue weighted by Crippen LogP contribution is 2.37. The number of amides is 2. The fourth-order valence-electron chi connectivity index (χ4n) is 4.43. The molecule has 1 aromatic rings. The zero-order valence-electron chi connectivity index (χ0n) is 19.0. The van der Waals surface area contributed by atoms with Crippen LogP contribution >= 0.6 is 0 Å². The molecule has 0 bridgehead atoms. The minimum absolute atomic E-state index is 0.0241. The number of carbonyl (C=O) groups is 2. The molecule has 1 aromatic carbocycles. The van der Waals surface area contributed by atoms with Gasteiger partial charge in [-0.15, -0.1) is 0 Å². The molecule has 3 rings (SSSR count). The SMILES string of the molecule is CCOc1ccc(CN2CCC3(CCCCOCCNC(=O)[C@H](C)NC3=O)CC2)cc1. The van der Waals surface area contributed by atoms with Gasteiger partial charge >= 0.3 is 0 Å². The van der Waals surface area contributed by atoms with Crippen molar-refractivity contribution in [3.63, 3.8) is 0 Å². The van der Waals surface area contributed by atoms with Crippen LogP contribution in [-0.2, 0) is 20.9 Å². The molecule has 2 N–H and O–H groups in total. The lowest BCUT2D eigenvalue weighted by Crippen LogP contribution is -2.53. The fourth-order valence-corrected chi connectivity index (χ4v) is 4.43. The Labute approximate surface area is 185 Å². The van der Waals surface area contributed by atoms with Crippen molar-refractivity contribution in [3.8, 4) is 5.75 Å². The molecule has 2 fully saturated rings. The molecule has 0 saturated carbocycles. The van der Waals surface area contributed by atoms with Gasteiger partial charge < -0.3 is 20.1 Å². The van der Waals surface area contributed by atoms with Gasteiger partial charge in [0, 0.05) is 19.7 Å². The summed E-state index contributed by atoms with van der Waals surface area (Å²) in [5.74, 6) is 0.766. The zero-order chi connectivity index (χ0) is 22.1. The Hall–Kier alpha value is -2.12. The first kappa shape index (κ1) is 23.5. The van der Waals surface area contributed by atoms with Crippen LogP contribution in [0.25, 0.3) is 0 Å². The molecule has 1 atom stereocenters. The van der Waals surface area contributed by atoms with Crippen molar-refractivity contribution in [3.05, 3.63) is 29.8 Å². The Morgan fingerprint density at radius 1 is 1.10 bits per heavy atom. The molecule has 31 heavy (non-hydrogen) atoms. The molecule has 2 heterocycles. The van der Waals surface area contributed by atoms with E-state index in [9.17, 15) is 9.59 Å². The van der Waals surface area contributed by atoms with E-state index in [0.717, 1.165) is 57.5 Å². The van der Waals surface area contributed by atoms with Crippen LogP contribution in [0.15, 0.2) is 24.3 Å². The van der Waals surface area contributed by atoms with Gasteiger partial charge in [0.1, 0.15) is 11.8 Å². The standard InChI is InChI=1S/C24H37N3O4/c1-3-31-21-8-6-20(7-9-21)18-27-14-11-24(12-15-27)10-4-5-16-30-17-13-25-22(28)19(2)26-23(24)29/h6-9,19H,3-5,10-18H2,1-2H3,(H,25,28)(H,26,29)/t19-/m0/s1. The van der Waals surface area contributed by atoms with Crippen LogP contribution in [0, 0.1) is 5.41 Å². The van der Waals surface area contributed by atoms with E-state index in [4.69, 9.17) is 9.47 Å².